The number of anilines is 1. The number of hydrogen-bond donors (Lipinski definition) is 1. The lowest BCUT2D eigenvalue weighted by Gasteiger charge is -2.32. The Kier molecular flexibility index (Phi) is 4.15. The highest BCUT2D eigenvalue weighted by Crippen LogP contribution is 2.36. The van der Waals surface area contributed by atoms with Gasteiger partial charge in [-0.05, 0) is 60.8 Å². The largest absolute Gasteiger partial charge is 0.490 e. The van der Waals surface area contributed by atoms with E-state index in [1.807, 2.05) is 18.2 Å². The van der Waals surface area contributed by atoms with E-state index in [1.165, 1.54) is 22.4 Å². The highest BCUT2D eigenvalue weighted by atomic mass is 35.5. The van der Waals surface area contributed by atoms with Crippen molar-refractivity contribution in [2.45, 2.75) is 19.4 Å². The minimum atomic E-state index is 0.731. The molecule has 0 aromatic heterocycles. The summed E-state index contributed by atoms with van der Waals surface area (Å²) < 4.78 is 5.93. The van der Waals surface area contributed by atoms with Gasteiger partial charge in [0.25, 0.3) is 0 Å². The number of hydrogen-bond acceptors (Lipinski definition) is 3. The van der Waals surface area contributed by atoms with Gasteiger partial charge in [-0.3, -0.25) is 0 Å². The second-order valence-corrected chi connectivity index (χ2v) is 6.61. The van der Waals surface area contributed by atoms with E-state index in [4.69, 9.17) is 16.3 Å². The number of rotatable bonds is 2. The van der Waals surface area contributed by atoms with Crippen molar-refractivity contribution in [3.63, 3.8) is 0 Å². The van der Waals surface area contributed by atoms with Gasteiger partial charge >= 0.3 is 0 Å². The number of ether oxygens (including phenoxy) is 1. The van der Waals surface area contributed by atoms with Crippen molar-refractivity contribution in [2.24, 2.45) is 0 Å². The van der Waals surface area contributed by atoms with Gasteiger partial charge in [-0.15, -0.1) is 0 Å². The van der Waals surface area contributed by atoms with E-state index < -0.39 is 0 Å². The minimum Gasteiger partial charge on any atom is -0.490 e. The van der Waals surface area contributed by atoms with E-state index in [0.717, 1.165) is 56.4 Å². The number of nitrogens with one attached hydrogen (secondary N) is 1. The summed E-state index contributed by atoms with van der Waals surface area (Å²) in [6.07, 6.45) is 2.17. The van der Waals surface area contributed by atoms with Crippen LogP contribution < -0.4 is 15.0 Å². The summed E-state index contributed by atoms with van der Waals surface area (Å²) in [5, 5.41) is 4.30. The summed E-state index contributed by atoms with van der Waals surface area (Å²) in [5.74, 6) is 1.02. The predicted molar refractivity (Wildman–Crippen MR) is 94.7 cm³/mol. The van der Waals surface area contributed by atoms with Gasteiger partial charge in [-0.1, -0.05) is 29.8 Å². The SMILES string of the molecule is Clc1ccccc1CN1CCOc2cc3c(cc21)CCNCC3. The third-order valence-corrected chi connectivity index (χ3v) is 5.07. The Morgan fingerprint density at radius 2 is 1.87 bits per heavy atom. The molecule has 2 heterocycles. The lowest BCUT2D eigenvalue weighted by molar-refractivity contribution is 0.306. The summed E-state index contributed by atoms with van der Waals surface area (Å²) >= 11 is 6.34. The van der Waals surface area contributed by atoms with Gasteiger partial charge in [-0.2, -0.15) is 0 Å². The van der Waals surface area contributed by atoms with Crippen LogP contribution >= 0.6 is 11.6 Å². The second-order valence-electron chi connectivity index (χ2n) is 6.20. The van der Waals surface area contributed by atoms with Crippen LogP contribution in [-0.4, -0.2) is 26.2 Å². The van der Waals surface area contributed by atoms with E-state index in [2.05, 4.69) is 28.4 Å². The van der Waals surface area contributed by atoms with Crippen molar-refractivity contribution in [2.75, 3.05) is 31.1 Å². The topological polar surface area (TPSA) is 24.5 Å². The highest BCUT2D eigenvalue weighted by Gasteiger charge is 2.22. The molecule has 0 bridgehead atoms. The molecule has 3 nitrogen and oxygen atoms in total. The summed E-state index contributed by atoms with van der Waals surface area (Å²) in [5.41, 5.74) is 5.24. The Labute approximate surface area is 142 Å². The van der Waals surface area contributed by atoms with Crippen LogP contribution in [0.1, 0.15) is 16.7 Å². The van der Waals surface area contributed by atoms with Crippen molar-refractivity contribution >= 4 is 17.3 Å². The Balaban J connectivity index is 1.67. The van der Waals surface area contributed by atoms with Crippen LogP contribution in [0.3, 0.4) is 0 Å². The lowest BCUT2D eigenvalue weighted by atomic mass is 10.00. The first-order chi connectivity index (χ1) is 11.3. The van der Waals surface area contributed by atoms with Gasteiger partial charge in [0, 0.05) is 11.6 Å². The molecule has 2 aliphatic heterocycles. The molecule has 0 unspecified atom stereocenters. The first-order valence-electron chi connectivity index (χ1n) is 8.29. The standard InChI is InChI=1S/C19H21ClN2O/c20-17-4-2-1-3-16(17)13-22-9-10-23-19-12-15-6-8-21-7-5-14(15)11-18(19)22/h1-4,11-12,21H,5-10,13H2. The third-order valence-electron chi connectivity index (χ3n) is 4.70. The Hall–Kier alpha value is -1.71. The summed E-state index contributed by atoms with van der Waals surface area (Å²) in [4.78, 5) is 2.39. The molecule has 1 N–H and O–H groups in total. The van der Waals surface area contributed by atoms with Crippen LogP contribution in [0.25, 0.3) is 0 Å². The van der Waals surface area contributed by atoms with Crippen molar-refractivity contribution in [1.82, 2.24) is 5.32 Å². The molecule has 4 rings (SSSR count). The highest BCUT2D eigenvalue weighted by molar-refractivity contribution is 6.31. The average Bonchev–Trinajstić information content (AvgIpc) is 2.80. The van der Waals surface area contributed by atoms with E-state index in [0.29, 0.717) is 0 Å². The van der Waals surface area contributed by atoms with Gasteiger partial charge in [0.05, 0.1) is 12.2 Å². The maximum atomic E-state index is 6.34. The maximum absolute atomic E-state index is 6.34. The summed E-state index contributed by atoms with van der Waals surface area (Å²) in [6.45, 7) is 4.56. The molecule has 0 atom stereocenters. The summed E-state index contributed by atoms with van der Waals surface area (Å²) in [6, 6.07) is 12.7. The molecular formula is C19H21ClN2O. The predicted octanol–water partition coefficient (Wildman–Crippen LogP) is 3.43. The van der Waals surface area contributed by atoms with Crippen molar-refractivity contribution in [3.05, 3.63) is 58.1 Å². The van der Waals surface area contributed by atoms with E-state index in [9.17, 15) is 0 Å². The van der Waals surface area contributed by atoms with Gasteiger partial charge in [0.2, 0.25) is 0 Å². The molecule has 0 saturated carbocycles. The maximum Gasteiger partial charge on any atom is 0.142 e. The minimum absolute atomic E-state index is 0.731. The van der Waals surface area contributed by atoms with Crippen LogP contribution in [0.2, 0.25) is 5.02 Å². The van der Waals surface area contributed by atoms with Crippen molar-refractivity contribution in [3.8, 4) is 5.75 Å². The van der Waals surface area contributed by atoms with Crippen molar-refractivity contribution < 1.29 is 4.74 Å². The fourth-order valence-electron chi connectivity index (χ4n) is 3.44. The molecule has 4 heteroatoms. The molecule has 0 aliphatic carbocycles. The van der Waals surface area contributed by atoms with E-state index >= 15 is 0 Å². The third kappa shape index (κ3) is 3.04. The number of halogens is 1. The van der Waals surface area contributed by atoms with Crippen LogP contribution in [0, 0.1) is 0 Å². The lowest BCUT2D eigenvalue weighted by Crippen LogP contribution is -2.32. The van der Waals surface area contributed by atoms with Crippen LogP contribution in [-0.2, 0) is 19.4 Å². The number of benzene rings is 2. The molecular weight excluding hydrogens is 308 g/mol. The van der Waals surface area contributed by atoms with E-state index in [-0.39, 0.29) is 0 Å². The molecule has 2 aliphatic rings. The van der Waals surface area contributed by atoms with Gasteiger partial charge in [0.1, 0.15) is 12.4 Å². The van der Waals surface area contributed by atoms with Gasteiger partial charge < -0.3 is 15.0 Å². The molecule has 0 radical (unpaired) electrons. The number of fused-ring (bicyclic) bond motifs is 2. The van der Waals surface area contributed by atoms with E-state index in [1.54, 1.807) is 0 Å². The zero-order valence-corrected chi connectivity index (χ0v) is 13.9. The molecule has 0 amide bonds. The van der Waals surface area contributed by atoms with Crippen molar-refractivity contribution in [1.29, 1.82) is 0 Å². The zero-order chi connectivity index (χ0) is 15.6. The van der Waals surface area contributed by atoms with Crippen LogP contribution in [0.4, 0.5) is 5.69 Å². The Bertz CT molecular complexity index is 717. The molecule has 0 spiro atoms. The fraction of sp³-hybridized carbons (Fsp3) is 0.368. The normalized spacial score (nSPS) is 17.0. The molecule has 23 heavy (non-hydrogen) atoms. The zero-order valence-electron chi connectivity index (χ0n) is 13.1. The Morgan fingerprint density at radius 1 is 1.09 bits per heavy atom. The average molecular weight is 329 g/mol. The molecule has 0 saturated heterocycles. The molecule has 120 valence electrons. The quantitative estimate of drug-likeness (QED) is 0.914. The first kappa shape index (κ1) is 14.9. The molecule has 0 fully saturated rings. The Morgan fingerprint density at radius 3 is 2.70 bits per heavy atom. The smallest absolute Gasteiger partial charge is 0.142 e. The monoisotopic (exact) mass is 328 g/mol. The number of nitrogens with zero attached hydrogens (tertiary/aromatic N) is 1. The second kappa shape index (κ2) is 6.42. The molecule has 2 aromatic carbocycles. The first-order valence-corrected chi connectivity index (χ1v) is 8.67. The fourth-order valence-corrected chi connectivity index (χ4v) is 3.63. The summed E-state index contributed by atoms with van der Waals surface area (Å²) in [7, 11) is 0. The van der Waals surface area contributed by atoms with Crippen LogP contribution in [0.5, 0.6) is 5.75 Å². The van der Waals surface area contributed by atoms with Gasteiger partial charge in [0.15, 0.2) is 0 Å². The van der Waals surface area contributed by atoms with Gasteiger partial charge in [-0.25, -0.2) is 0 Å². The molecule has 2 aromatic rings. The van der Waals surface area contributed by atoms with Crippen LogP contribution in [0.15, 0.2) is 36.4 Å².